The number of aliphatic hydroxyl groups is 1. The van der Waals surface area contributed by atoms with Gasteiger partial charge in [0.05, 0.1) is 29.1 Å². The second kappa shape index (κ2) is 6.73. The van der Waals surface area contributed by atoms with Gasteiger partial charge in [-0.3, -0.25) is 4.68 Å². The van der Waals surface area contributed by atoms with E-state index in [1.165, 1.54) is 4.68 Å². The highest BCUT2D eigenvalue weighted by Crippen LogP contribution is 2.23. The fraction of sp³-hybridized carbons (Fsp3) is 0.727. The zero-order chi connectivity index (χ0) is 15.5. The van der Waals surface area contributed by atoms with Crippen molar-refractivity contribution in [2.24, 2.45) is 7.05 Å². The fourth-order valence-electron chi connectivity index (χ4n) is 1.58. The molecule has 1 aromatic rings. The Balaban J connectivity index is 2.47. The first kappa shape index (κ1) is 17.2. The summed E-state index contributed by atoms with van der Waals surface area (Å²) >= 11 is 5.95. The molecule has 0 fully saturated rings. The molecule has 0 saturated heterocycles. The van der Waals surface area contributed by atoms with Crippen LogP contribution in [0.1, 0.15) is 11.4 Å². The topological polar surface area (TPSA) is 47.3 Å². The Hall–Kier alpha value is -0.860. The lowest BCUT2D eigenvalue weighted by Crippen LogP contribution is -2.34. The maximum Gasteiger partial charge on any atom is 0.330 e. The van der Waals surface area contributed by atoms with Crippen LogP contribution < -0.4 is 0 Å². The van der Waals surface area contributed by atoms with Crippen molar-refractivity contribution < 1.29 is 27.4 Å². The van der Waals surface area contributed by atoms with Crippen LogP contribution in [0.15, 0.2) is 0 Å². The average Bonchev–Trinajstić information content (AvgIpc) is 2.55. The minimum Gasteiger partial charge on any atom is -0.390 e. The predicted molar refractivity (Wildman–Crippen MR) is 64.4 cm³/mol. The largest absolute Gasteiger partial charge is 0.390 e. The Labute approximate surface area is 118 Å². The molecular weight excluding hydrogens is 304 g/mol. The van der Waals surface area contributed by atoms with Gasteiger partial charge in [-0.15, -0.1) is 0 Å². The van der Waals surface area contributed by atoms with E-state index in [4.69, 9.17) is 11.6 Å². The molecular formula is C11H15ClF4N2O2. The molecule has 116 valence electrons. The Bertz CT molecular complexity index is 454. The summed E-state index contributed by atoms with van der Waals surface area (Å²) in [4.78, 5) is 0. The lowest BCUT2D eigenvalue weighted by molar-refractivity contribution is -0.170. The highest BCUT2D eigenvalue weighted by Gasteiger charge is 2.41. The van der Waals surface area contributed by atoms with Crippen LogP contribution in [0, 0.1) is 6.92 Å². The fourth-order valence-corrected chi connectivity index (χ4v) is 1.82. The minimum atomic E-state index is -4.22. The van der Waals surface area contributed by atoms with Crippen LogP contribution in [0.5, 0.6) is 0 Å². The van der Waals surface area contributed by atoms with Gasteiger partial charge in [-0.25, -0.2) is 8.78 Å². The molecule has 0 bridgehead atoms. The monoisotopic (exact) mass is 318 g/mol. The van der Waals surface area contributed by atoms with Gasteiger partial charge in [0.25, 0.3) is 0 Å². The lowest BCUT2D eigenvalue weighted by atomic mass is 10.2. The van der Waals surface area contributed by atoms with Crippen LogP contribution in [-0.4, -0.2) is 46.6 Å². The van der Waals surface area contributed by atoms with Gasteiger partial charge in [-0.2, -0.15) is 13.9 Å². The predicted octanol–water partition coefficient (Wildman–Crippen LogP) is 2.20. The second-order valence-electron chi connectivity index (χ2n) is 4.40. The minimum absolute atomic E-state index is 0.0242. The van der Waals surface area contributed by atoms with Gasteiger partial charge in [-0.05, 0) is 6.92 Å². The smallest absolute Gasteiger partial charge is 0.330 e. The van der Waals surface area contributed by atoms with Crippen molar-refractivity contribution in [2.75, 3.05) is 13.2 Å². The molecule has 0 aliphatic heterocycles. The summed E-state index contributed by atoms with van der Waals surface area (Å²) in [6, 6.07) is 0. The van der Waals surface area contributed by atoms with Crippen LogP contribution in [0.4, 0.5) is 17.6 Å². The summed E-state index contributed by atoms with van der Waals surface area (Å²) < 4.78 is 54.7. The normalized spacial score (nSPS) is 14.1. The second-order valence-corrected chi connectivity index (χ2v) is 4.78. The van der Waals surface area contributed by atoms with E-state index in [1.54, 1.807) is 14.0 Å². The summed E-state index contributed by atoms with van der Waals surface area (Å²) in [6.07, 6.45) is -4.92. The molecule has 0 aliphatic rings. The van der Waals surface area contributed by atoms with Gasteiger partial charge in [0, 0.05) is 13.5 Å². The SMILES string of the molecule is Cc1nn(C)c(CC(O)COCC(F)(F)C(F)F)c1Cl. The lowest BCUT2D eigenvalue weighted by Gasteiger charge is -2.17. The zero-order valence-corrected chi connectivity index (χ0v) is 11.7. The molecule has 1 rings (SSSR count). The van der Waals surface area contributed by atoms with E-state index in [0.717, 1.165) is 0 Å². The molecule has 1 N–H and O–H groups in total. The maximum absolute atomic E-state index is 12.6. The summed E-state index contributed by atoms with van der Waals surface area (Å²) in [7, 11) is 1.62. The van der Waals surface area contributed by atoms with E-state index in [-0.39, 0.29) is 6.42 Å². The van der Waals surface area contributed by atoms with Crippen molar-refractivity contribution in [3.8, 4) is 0 Å². The van der Waals surface area contributed by atoms with E-state index in [1.807, 2.05) is 0 Å². The van der Waals surface area contributed by atoms with Crippen molar-refractivity contribution in [3.63, 3.8) is 0 Å². The molecule has 0 radical (unpaired) electrons. The molecule has 0 aliphatic carbocycles. The summed E-state index contributed by atoms with van der Waals surface area (Å²) in [5.41, 5.74) is 1.09. The van der Waals surface area contributed by atoms with Gasteiger partial charge in [0.1, 0.15) is 6.61 Å². The number of aryl methyl sites for hydroxylation is 2. The third kappa shape index (κ3) is 4.32. The Kier molecular flexibility index (Phi) is 5.79. The van der Waals surface area contributed by atoms with Crippen LogP contribution >= 0.6 is 11.6 Å². The number of hydrogen-bond acceptors (Lipinski definition) is 3. The average molecular weight is 319 g/mol. The van der Waals surface area contributed by atoms with Crippen LogP contribution in [0.3, 0.4) is 0 Å². The van der Waals surface area contributed by atoms with Crippen molar-refractivity contribution in [2.45, 2.75) is 31.8 Å². The molecule has 0 spiro atoms. The third-order valence-corrected chi connectivity index (χ3v) is 3.11. The molecule has 9 heteroatoms. The molecule has 4 nitrogen and oxygen atoms in total. The quantitative estimate of drug-likeness (QED) is 0.784. The molecule has 1 heterocycles. The highest BCUT2D eigenvalue weighted by molar-refractivity contribution is 6.31. The van der Waals surface area contributed by atoms with Crippen molar-refractivity contribution >= 4 is 11.6 Å². The Morgan fingerprint density at radius 2 is 2.05 bits per heavy atom. The van der Waals surface area contributed by atoms with Gasteiger partial charge >= 0.3 is 12.3 Å². The molecule has 1 aromatic heterocycles. The van der Waals surface area contributed by atoms with Gasteiger partial charge in [0.2, 0.25) is 0 Å². The number of nitrogens with zero attached hydrogens (tertiary/aromatic N) is 2. The van der Waals surface area contributed by atoms with E-state index in [0.29, 0.717) is 16.4 Å². The van der Waals surface area contributed by atoms with Crippen molar-refractivity contribution in [1.82, 2.24) is 9.78 Å². The van der Waals surface area contributed by atoms with E-state index in [2.05, 4.69) is 9.84 Å². The maximum atomic E-state index is 12.6. The number of hydrogen-bond donors (Lipinski definition) is 1. The molecule has 0 amide bonds. The number of alkyl halides is 4. The number of aliphatic hydroxyl groups excluding tert-OH is 1. The van der Waals surface area contributed by atoms with Crippen LogP contribution in [0.25, 0.3) is 0 Å². The number of ether oxygens (including phenoxy) is 1. The molecule has 0 saturated carbocycles. The van der Waals surface area contributed by atoms with Crippen molar-refractivity contribution in [3.05, 3.63) is 16.4 Å². The molecule has 1 atom stereocenters. The van der Waals surface area contributed by atoms with Gasteiger partial charge in [-0.1, -0.05) is 11.6 Å². The summed E-state index contributed by atoms with van der Waals surface area (Å²) in [5, 5.41) is 14.0. The zero-order valence-electron chi connectivity index (χ0n) is 10.9. The van der Waals surface area contributed by atoms with Gasteiger partial charge < -0.3 is 9.84 Å². The highest BCUT2D eigenvalue weighted by atomic mass is 35.5. The van der Waals surface area contributed by atoms with E-state index in [9.17, 15) is 22.7 Å². The molecule has 1 unspecified atom stereocenters. The Morgan fingerprint density at radius 3 is 2.50 bits per heavy atom. The molecule has 0 aromatic carbocycles. The summed E-state index contributed by atoms with van der Waals surface area (Å²) in [5.74, 6) is -4.22. The molecule has 20 heavy (non-hydrogen) atoms. The summed E-state index contributed by atoms with van der Waals surface area (Å²) in [6.45, 7) is -0.263. The first-order chi connectivity index (χ1) is 9.15. The van der Waals surface area contributed by atoms with Gasteiger partial charge in [0.15, 0.2) is 0 Å². The standard InChI is InChI=1S/C11H15ClF4N2O2/c1-6-9(12)8(18(2)17-6)3-7(19)4-20-5-11(15,16)10(13)14/h7,10,19H,3-5H2,1-2H3. The third-order valence-electron chi connectivity index (χ3n) is 2.61. The first-order valence-electron chi connectivity index (χ1n) is 5.75. The van der Waals surface area contributed by atoms with E-state index < -0.39 is 31.7 Å². The number of rotatable bonds is 7. The van der Waals surface area contributed by atoms with Crippen LogP contribution in [-0.2, 0) is 18.2 Å². The first-order valence-corrected chi connectivity index (χ1v) is 6.12. The number of aromatic nitrogens is 2. The Morgan fingerprint density at radius 1 is 1.45 bits per heavy atom. The van der Waals surface area contributed by atoms with Crippen molar-refractivity contribution in [1.29, 1.82) is 0 Å². The van der Waals surface area contributed by atoms with Crippen LogP contribution in [0.2, 0.25) is 5.02 Å². The van der Waals surface area contributed by atoms with E-state index >= 15 is 0 Å². The number of halogens is 5.